The topological polar surface area (TPSA) is 85.7 Å². The third-order valence-corrected chi connectivity index (χ3v) is 4.80. The van der Waals surface area contributed by atoms with Crippen molar-refractivity contribution in [2.75, 3.05) is 35.3 Å². The van der Waals surface area contributed by atoms with Crippen molar-refractivity contribution in [1.29, 1.82) is 0 Å². The molecule has 0 unspecified atom stereocenters. The number of rotatable bonds is 9. The van der Waals surface area contributed by atoms with Crippen molar-refractivity contribution >= 4 is 40.7 Å². The van der Waals surface area contributed by atoms with Crippen LogP contribution in [0.5, 0.6) is 5.75 Å². The van der Waals surface area contributed by atoms with Gasteiger partial charge in [0.15, 0.2) is 17.5 Å². The molecule has 0 amide bonds. The molecule has 1 aliphatic heterocycles. The molecule has 0 bridgehead atoms. The van der Waals surface area contributed by atoms with Crippen molar-refractivity contribution in [3.8, 4) is 5.75 Å². The Balaban J connectivity index is 1.85. The molecular formula is C23H29ClN6O. The summed E-state index contributed by atoms with van der Waals surface area (Å²) in [7, 11) is 0. The predicted octanol–water partition coefficient (Wildman–Crippen LogP) is 4.87. The quantitative estimate of drug-likeness (QED) is 0.482. The lowest BCUT2D eigenvalue weighted by Gasteiger charge is -2.20. The number of aromatic nitrogens is 2. The Morgan fingerprint density at radius 1 is 1.35 bits per heavy atom. The van der Waals surface area contributed by atoms with Crippen LogP contribution in [0.3, 0.4) is 0 Å². The number of hydrogen-bond acceptors (Lipinski definition) is 7. The number of phenolic OH excluding ortho intramolecular Hbond substituents is 1. The lowest BCUT2D eigenvalue weighted by atomic mass is 10.1. The van der Waals surface area contributed by atoms with Crippen molar-refractivity contribution < 1.29 is 5.11 Å². The molecule has 0 spiro atoms. The number of benzene rings is 1. The Bertz CT molecular complexity index is 984. The highest BCUT2D eigenvalue weighted by Gasteiger charge is 2.26. The molecule has 0 fully saturated rings. The zero-order valence-electron chi connectivity index (χ0n) is 18.2. The summed E-state index contributed by atoms with van der Waals surface area (Å²) in [4.78, 5) is 16.0. The summed E-state index contributed by atoms with van der Waals surface area (Å²) in [5, 5.41) is 16.7. The van der Waals surface area contributed by atoms with Crippen LogP contribution in [-0.2, 0) is 6.42 Å². The van der Waals surface area contributed by atoms with Gasteiger partial charge in [-0.3, -0.25) is 4.99 Å². The summed E-state index contributed by atoms with van der Waals surface area (Å²) >= 11 is 5.75. The van der Waals surface area contributed by atoms with Crippen molar-refractivity contribution in [1.82, 2.24) is 9.97 Å². The van der Waals surface area contributed by atoms with Gasteiger partial charge < -0.3 is 20.6 Å². The van der Waals surface area contributed by atoms with Crippen LogP contribution in [-0.4, -0.2) is 41.0 Å². The van der Waals surface area contributed by atoms with Gasteiger partial charge in [0.25, 0.3) is 0 Å². The third kappa shape index (κ3) is 6.21. The van der Waals surface area contributed by atoms with E-state index in [1.807, 2.05) is 19.1 Å². The van der Waals surface area contributed by atoms with Gasteiger partial charge in [-0.25, -0.2) is 9.97 Å². The molecule has 0 saturated carbocycles. The number of phenols is 1. The van der Waals surface area contributed by atoms with Crippen LogP contribution in [0, 0.1) is 5.92 Å². The molecule has 164 valence electrons. The summed E-state index contributed by atoms with van der Waals surface area (Å²) < 4.78 is 0. The van der Waals surface area contributed by atoms with E-state index in [-0.39, 0.29) is 5.75 Å². The normalized spacial score (nSPS) is 13.6. The van der Waals surface area contributed by atoms with Gasteiger partial charge in [0.2, 0.25) is 0 Å². The zero-order valence-corrected chi connectivity index (χ0v) is 18.9. The fourth-order valence-corrected chi connectivity index (χ4v) is 3.32. The zero-order chi connectivity index (χ0) is 22.4. The minimum absolute atomic E-state index is 0.270. The predicted molar refractivity (Wildman–Crippen MR) is 130 cm³/mol. The van der Waals surface area contributed by atoms with Crippen LogP contribution in [0.1, 0.15) is 32.2 Å². The second kappa shape index (κ2) is 10.3. The van der Waals surface area contributed by atoms with Crippen LogP contribution in [0.2, 0.25) is 0 Å². The Labute approximate surface area is 188 Å². The van der Waals surface area contributed by atoms with Gasteiger partial charge in [-0.2, -0.15) is 0 Å². The van der Waals surface area contributed by atoms with Crippen molar-refractivity contribution in [3.63, 3.8) is 0 Å². The lowest BCUT2D eigenvalue weighted by molar-refractivity contribution is 0.475. The Morgan fingerprint density at radius 2 is 2.10 bits per heavy atom. The minimum atomic E-state index is 0.270. The molecule has 2 aromatic rings. The van der Waals surface area contributed by atoms with Gasteiger partial charge in [-0.15, -0.1) is 0 Å². The van der Waals surface area contributed by atoms with E-state index in [4.69, 9.17) is 21.6 Å². The van der Waals surface area contributed by atoms with Crippen LogP contribution in [0.15, 0.2) is 47.1 Å². The smallest absolute Gasteiger partial charge is 0.161 e. The first kappa shape index (κ1) is 22.6. The molecule has 0 aliphatic carbocycles. The van der Waals surface area contributed by atoms with Gasteiger partial charge in [-0.1, -0.05) is 44.2 Å². The summed E-state index contributed by atoms with van der Waals surface area (Å²) in [5.41, 5.74) is 2.88. The highest BCUT2D eigenvalue weighted by molar-refractivity contribution is 6.38. The molecule has 1 aromatic carbocycles. The first-order chi connectivity index (χ1) is 14.8. The second-order valence-electron chi connectivity index (χ2n) is 7.93. The fraction of sp³-hybridized carbons (Fsp3) is 0.348. The maximum Gasteiger partial charge on any atom is 0.161 e. The number of halogens is 1. The largest absolute Gasteiger partial charge is 0.508 e. The average molecular weight is 441 g/mol. The summed E-state index contributed by atoms with van der Waals surface area (Å²) in [6, 6.07) is 7.24. The molecule has 8 heteroatoms. The van der Waals surface area contributed by atoms with Crippen LogP contribution in [0.4, 0.5) is 17.3 Å². The van der Waals surface area contributed by atoms with E-state index in [2.05, 4.69) is 41.0 Å². The van der Waals surface area contributed by atoms with Crippen molar-refractivity contribution in [2.24, 2.45) is 10.9 Å². The van der Waals surface area contributed by atoms with Crippen molar-refractivity contribution in [2.45, 2.75) is 27.2 Å². The number of nitrogens with one attached hydrogen (secondary N) is 2. The number of aromatic hydroxyl groups is 1. The monoisotopic (exact) mass is 440 g/mol. The van der Waals surface area contributed by atoms with Crippen LogP contribution in [0.25, 0.3) is 5.57 Å². The van der Waals surface area contributed by atoms with E-state index in [9.17, 15) is 5.11 Å². The fourth-order valence-electron chi connectivity index (χ4n) is 3.26. The molecule has 1 aromatic heterocycles. The van der Waals surface area contributed by atoms with Gasteiger partial charge in [0.05, 0.1) is 11.7 Å². The van der Waals surface area contributed by atoms with E-state index in [1.165, 1.54) is 6.21 Å². The van der Waals surface area contributed by atoms with Gasteiger partial charge in [0.1, 0.15) is 11.4 Å². The van der Waals surface area contributed by atoms with Crippen molar-refractivity contribution in [3.05, 3.63) is 53.5 Å². The number of aliphatic imine (C=N–C) groups is 1. The Kier molecular flexibility index (Phi) is 7.52. The van der Waals surface area contributed by atoms with Gasteiger partial charge in [0, 0.05) is 31.1 Å². The Hall–Kier alpha value is -3.06. The maximum absolute atomic E-state index is 9.45. The van der Waals surface area contributed by atoms with Crippen LogP contribution < -0.4 is 15.5 Å². The van der Waals surface area contributed by atoms with E-state index in [0.29, 0.717) is 30.0 Å². The molecule has 7 nitrogen and oxygen atoms in total. The molecule has 3 rings (SSSR count). The number of nitrogens with zero attached hydrogens (tertiary/aromatic N) is 4. The number of allylic oxidation sites excluding steroid dienone is 2. The first-order valence-electron chi connectivity index (χ1n) is 10.3. The SMILES string of the molecule is C=C(Cl)C=N/C=C(\C)c1nc(NCCc2ccc(O)cc2)c2c(n1)N(CC(C)C)CN2. The van der Waals surface area contributed by atoms with E-state index < -0.39 is 0 Å². The standard InChI is InChI=1S/C23H29ClN6O/c1-15(2)13-30-14-27-20-22(26-10-9-18-5-7-19(31)8-6-18)28-21(29-23(20)30)16(3)11-25-12-17(4)24/h5-8,11-12,15,27,31H,4,9-10,13-14H2,1-3H3,(H,26,28,29)/b16-11+,25-12?. The molecule has 1 aliphatic rings. The number of fused-ring (bicyclic) bond motifs is 1. The van der Waals surface area contributed by atoms with Gasteiger partial charge >= 0.3 is 0 Å². The molecular weight excluding hydrogens is 412 g/mol. The first-order valence-corrected chi connectivity index (χ1v) is 10.7. The van der Waals surface area contributed by atoms with Crippen LogP contribution >= 0.6 is 11.6 Å². The average Bonchev–Trinajstić information content (AvgIpc) is 3.11. The number of hydrogen-bond donors (Lipinski definition) is 3. The third-order valence-electron chi connectivity index (χ3n) is 4.70. The molecule has 0 radical (unpaired) electrons. The Morgan fingerprint density at radius 3 is 2.77 bits per heavy atom. The molecule has 0 atom stereocenters. The molecule has 2 heterocycles. The molecule has 31 heavy (non-hydrogen) atoms. The highest BCUT2D eigenvalue weighted by atomic mass is 35.5. The van der Waals surface area contributed by atoms with Gasteiger partial charge in [-0.05, 0) is 37.0 Å². The van der Waals surface area contributed by atoms with E-state index in [1.54, 1.807) is 18.3 Å². The van der Waals surface area contributed by atoms with E-state index in [0.717, 1.165) is 41.4 Å². The summed E-state index contributed by atoms with van der Waals surface area (Å²) in [6.07, 6.45) is 3.98. The molecule has 0 saturated heterocycles. The molecule has 3 N–H and O–H groups in total. The lowest BCUT2D eigenvalue weighted by Crippen LogP contribution is -2.27. The summed E-state index contributed by atoms with van der Waals surface area (Å²) in [5.74, 6) is 3.05. The van der Waals surface area contributed by atoms with E-state index >= 15 is 0 Å². The highest BCUT2D eigenvalue weighted by Crippen LogP contribution is 2.36. The summed E-state index contributed by atoms with van der Waals surface area (Å²) in [6.45, 7) is 12.2. The maximum atomic E-state index is 9.45. The minimum Gasteiger partial charge on any atom is -0.508 e. The number of anilines is 3. The second-order valence-corrected chi connectivity index (χ2v) is 8.41.